The summed E-state index contributed by atoms with van der Waals surface area (Å²) in [5.41, 5.74) is 0.879. The van der Waals surface area contributed by atoms with Gasteiger partial charge in [-0.25, -0.2) is 0 Å². The van der Waals surface area contributed by atoms with Crippen LogP contribution in [0.15, 0.2) is 18.2 Å². The quantitative estimate of drug-likeness (QED) is 0.664. The normalized spacial score (nSPS) is 18.9. The molecule has 0 amide bonds. The Hall–Kier alpha value is -1.82. The lowest BCUT2D eigenvalue weighted by Gasteiger charge is -2.33. The van der Waals surface area contributed by atoms with Crippen LogP contribution in [0, 0.1) is 10.1 Å². The third kappa shape index (κ3) is 3.14. The molecule has 1 aromatic carbocycles. The number of likely N-dealkylation sites (N-methyl/N-ethyl adjacent to an activating group) is 1. The van der Waals surface area contributed by atoms with Crippen LogP contribution in [0.25, 0.3) is 0 Å². The van der Waals surface area contributed by atoms with E-state index in [1.807, 2.05) is 13.1 Å². The van der Waals surface area contributed by atoms with Gasteiger partial charge in [-0.15, -0.1) is 0 Å². The number of anilines is 1. The molecule has 6 heteroatoms. The van der Waals surface area contributed by atoms with Crippen LogP contribution in [0.1, 0.15) is 12.8 Å². The molecule has 0 radical (unpaired) electrons. The highest BCUT2D eigenvalue weighted by atomic mass is 16.6. The molecule has 0 spiro atoms. The van der Waals surface area contributed by atoms with Crippen molar-refractivity contribution in [3.05, 3.63) is 28.3 Å². The molecule has 1 aliphatic rings. The second kappa shape index (κ2) is 5.88. The standard InChI is InChI=1S/C13H19N3O3/c1-15(10-4-3-5-14-9-10)11-6-12(16(17)18)8-13(7-11)19-2/h6-8,10,14H,3-5,9H2,1-2H3. The summed E-state index contributed by atoms with van der Waals surface area (Å²) in [5.74, 6) is 0.514. The van der Waals surface area contributed by atoms with Crippen molar-refractivity contribution in [3.63, 3.8) is 0 Å². The number of hydrogen-bond donors (Lipinski definition) is 1. The molecule has 1 atom stereocenters. The highest BCUT2D eigenvalue weighted by molar-refractivity contribution is 5.58. The van der Waals surface area contributed by atoms with Crippen molar-refractivity contribution >= 4 is 11.4 Å². The lowest BCUT2D eigenvalue weighted by molar-refractivity contribution is -0.384. The van der Waals surface area contributed by atoms with E-state index in [4.69, 9.17) is 4.74 Å². The molecular weight excluding hydrogens is 246 g/mol. The lowest BCUT2D eigenvalue weighted by atomic mass is 10.1. The fraction of sp³-hybridized carbons (Fsp3) is 0.538. The van der Waals surface area contributed by atoms with E-state index in [0.717, 1.165) is 31.6 Å². The zero-order valence-corrected chi connectivity index (χ0v) is 11.3. The Morgan fingerprint density at radius 1 is 1.47 bits per heavy atom. The van der Waals surface area contributed by atoms with Gasteiger partial charge < -0.3 is 15.0 Å². The van der Waals surface area contributed by atoms with Crippen LogP contribution in [0.2, 0.25) is 0 Å². The Balaban J connectivity index is 2.26. The summed E-state index contributed by atoms with van der Waals surface area (Å²) in [4.78, 5) is 12.6. The van der Waals surface area contributed by atoms with Crippen molar-refractivity contribution in [2.24, 2.45) is 0 Å². The molecule has 1 heterocycles. The van der Waals surface area contributed by atoms with Gasteiger partial charge in [-0.1, -0.05) is 0 Å². The topological polar surface area (TPSA) is 67.6 Å². The number of non-ortho nitro benzene ring substituents is 1. The number of rotatable bonds is 4. The molecule has 1 aromatic rings. The maximum Gasteiger partial charge on any atom is 0.275 e. The number of ether oxygens (including phenoxy) is 1. The maximum absolute atomic E-state index is 10.9. The monoisotopic (exact) mass is 265 g/mol. The van der Waals surface area contributed by atoms with Crippen LogP contribution in [0.4, 0.5) is 11.4 Å². The van der Waals surface area contributed by atoms with E-state index in [2.05, 4.69) is 10.2 Å². The predicted octanol–water partition coefficient (Wildman–Crippen LogP) is 1.79. The first-order chi connectivity index (χ1) is 9.11. The summed E-state index contributed by atoms with van der Waals surface area (Å²) in [5, 5.41) is 14.3. The molecule has 2 rings (SSSR count). The van der Waals surface area contributed by atoms with Gasteiger partial charge in [0.2, 0.25) is 0 Å². The van der Waals surface area contributed by atoms with Crippen molar-refractivity contribution in [2.45, 2.75) is 18.9 Å². The van der Waals surface area contributed by atoms with Gasteiger partial charge in [-0.3, -0.25) is 10.1 Å². The van der Waals surface area contributed by atoms with Gasteiger partial charge in [0.15, 0.2) is 0 Å². The summed E-state index contributed by atoms with van der Waals surface area (Å²) in [7, 11) is 3.49. The number of benzene rings is 1. The molecule has 6 nitrogen and oxygen atoms in total. The summed E-state index contributed by atoms with van der Waals surface area (Å²) >= 11 is 0. The van der Waals surface area contributed by atoms with E-state index in [-0.39, 0.29) is 10.6 Å². The molecule has 0 bridgehead atoms. The number of nitrogens with zero attached hydrogens (tertiary/aromatic N) is 2. The van der Waals surface area contributed by atoms with E-state index in [1.165, 1.54) is 13.2 Å². The van der Waals surface area contributed by atoms with Crippen LogP contribution in [-0.4, -0.2) is 38.2 Å². The highest BCUT2D eigenvalue weighted by Gasteiger charge is 2.20. The fourth-order valence-electron chi connectivity index (χ4n) is 2.37. The SMILES string of the molecule is COc1cc(N(C)C2CCCNC2)cc([N+](=O)[O-])c1. The number of piperidine rings is 1. The number of methoxy groups -OCH3 is 1. The maximum atomic E-state index is 10.9. The van der Waals surface area contributed by atoms with E-state index >= 15 is 0 Å². The predicted molar refractivity (Wildman–Crippen MR) is 73.9 cm³/mol. The Labute approximate surface area is 112 Å². The van der Waals surface area contributed by atoms with Crippen molar-refractivity contribution in [1.29, 1.82) is 0 Å². The van der Waals surface area contributed by atoms with Crippen LogP contribution < -0.4 is 15.0 Å². The minimum atomic E-state index is -0.390. The first-order valence-corrected chi connectivity index (χ1v) is 6.39. The minimum Gasteiger partial charge on any atom is -0.496 e. The fourth-order valence-corrected chi connectivity index (χ4v) is 2.37. The summed E-state index contributed by atoms with van der Waals surface area (Å²) < 4.78 is 5.14. The smallest absolute Gasteiger partial charge is 0.275 e. The minimum absolute atomic E-state index is 0.0602. The number of nitro benzene ring substituents is 1. The molecule has 1 saturated heterocycles. The van der Waals surface area contributed by atoms with Gasteiger partial charge in [-0.2, -0.15) is 0 Å². The van der Waals surface area contributed by atoms with Gasteiger partial charge in [0.05, 0.1) is 18.1 Å². The first kappa shape index (κ1) is 13.6. The van der Waals surface area contributed by atoms with Crippen molar-refractivity contribution in [2.75, 3.05) is 32.1 Å². The van der Waals surface area contributed by atoms with Gasteiger partial charge >= 0.3 is 0 Å². The van der Waals surface area contributed by atoms with Crippen LogP contribution in [0.5, 0.6) is 5.75 Å². The molecule has 1 unspecified atom stereocenters. The average Bonchev–Trinajstić information content (AvgIpc) is 2.46. The van der Waals surface area contributed by atoms with Crippen molar-refractivity contribution < 1.29 is 9.66 Å². The van der Waals surface area contributed by atoms with Gasteiger partial charge in [0.25, 0.3) is 5.69 Å². The second-order valence-electron chi connectivity index (χ2n) is 4.76. The van der Waals surface area contributed by atoms with Crippen molar-refractivity contribution in [3.8, 4) is 5.75 Å². The largest absolute Gasteiger partial charge is 0.496 e. The Morgan fingerprint density at radius 2 is 2.26 bits per heavy atom. The Bertz CT molecular complexity index is 458. The summed E-state index contributed by atoms with van der Waals surface area (Å²) in [6, 6.07) is 5.23. The molecule has 0 aromatic heterocycles. The van der Waals surface area contributed by atoms with E-state index in [1.54, 1.807) is 6.07 Å². The zero-order valence-electron chi connectivity index (χ0n) is 11.3. The summed E-state index contributed by atoms with van der Waals surface area (Å²) in [6.07, 6.45) is 2.22. The molecule has 1 N–H and O–H groups in total. The molecule has 1 fully saturated rings. The van der Waals surface area contributed by atoms with Crippen LogP contribution >= 0.6 is 0 Å². The first-order valence-electron chi connectivity index (χ1n) is 6.39. The second-order valence-corrected chi connectivity index (χ2v) is 4.76. The third-order valence-electron chi connectivity index (χ3n) is 3.55. The molecule has 104 valence electrons. The van der Waals surface area contributed by atoms with Crippen LogP contribution in [-0.2, 0) is 0 Å². The van der Waals surface area contributed by atoms with Gasteiger partial charge in [0, 0.05) is 37.5 Å². The molecule has 0 saturated carbocycles. The number of hydrogen-bond acceptors (Lipinski definition) is 5. The Morgan fingerprint density at radius 3 is 2.84 bits per heavy atom. The lowest BCUT2D eigenvalue weighted by Crippen LogP contribution is -2.44. The highest BCUT2D eigenvalue weighted by Crippen LogP contribution is 2.29. The number of nitrogens with one attached hydrogen (secondary N) is 1. The van der Waals surface area contributed by atoms with Gasteiger partial charge in [0.1, 0.15) is 5.75 Å². The van der Waals surface area contributed by atoms with Gasteiger partial charge in [-0.05, 0) is 19.4 Å². The average molecular weight is 265 g/mol. The van der Waals surface area contributed by atoms with E-state index < -0.39 is 0 Å². The third-order valence-corrected chi connectivity index (χ3v) is 3.55. The van der Waals surface area contributed by atoms with E-state index in [0.29, 0.717) is 11.8 Å². The molecule has 1 aliphatic heterocycles. The van der Waals surface area contributed by atoms with Crippen molar-refractivity contribution in [1.82, 2.24) is 5.32 Å². The molecular formula is C13H19N3O3. The van der Waals surface area contributed by atoms with E-state index in [9.17, 15) is 10.1 Å². The number of nitro groups is 1. The zero-order chi connectivity index (χ0) is 13.8. The summed E-state index contributed by atoms with van der Waals surface area (Å²) in [6.45, 7) is 1.95. The Kier molecular flexibility index (Phi) is 4.21. The molecule has 19 heavy (non-hydrogen) atoms. The van der Waals surface area contributed by atoms with Crippen LogP contribution in [0.3, 0.4) is 0 Å². The molecule has 0 aliphatic carbocycles.